The molecular formula is C20H18N4OS. The molecule has 0 spiro atoms. The van der Waals surface area contributed by atoms with Crippen molar-refractivity contribution in [3.8, 4) is 17.1 Å². The van der Waals surface area contributed by atoms with Crippen molar-refractivity contribution >= 4 is 11.8 Å². The highest BCUT2D eigenvalue weighted by Crippen LogP contribution is 2.26. The Bertz CT molecular complexity index is 1020. The van der Waals surface area contributed by atoms with Gasteiger partial charge in [0, 0.05) is 23.6 Å². The minimum atomic E-state index is 0.540. The predicted molar refractivity (Wildman–Crippen MR) is 102 cm³/mol. The Hall–Kier alpha value is -2.86. The number of aromatic nitrogens is 4. The van der Waals surface area contributed by atoms with E-state index in [4.69, 9.17) is 4.42 Å². The van der Waals surface area contributed by atoms with Gasteiger partial charge in [-0.2, -0.15) is 0 Å². The van der Waals surface area contributed by atoms with Gasteiger partial charge in [-0.25, -0.2) is 4.98 Å². The molecule has 0 unspecified atom stereocenters. The van der Waals surface area contributed by atoms with E-state index in [1.165, 1.54) is 11.1 Å². The molecule has 0 saturated heterocycles. The van der Waals surface area contributed by atoms with Crippen molar-refractivity contribution in [2.24, 2.45) is 0 Å². The summed E-state index contributed by atoms with van der Waals surface area (Å²) in [6.45, 7) is 4.23. The average Bonchev–Trinajstić information content (AvgIpc) is 3.32. The first-order valence-corrected chi connectivity index (χ1v) is 9.31. The highest BCUT2D eigenvalue weighted by atomic mass is 32.2. The van der Waals surface area contributed by atoms with E-state index in [1.807, 2.05) is 36.5 Å². The van der Waals surface area contributed by atoms with E-state index in [2.05, 4.69) is 51.8 Å². The molecule has 0 fully saturated rings. The lowest BCUT2D eigenvalue weighted by atomic mass is 10.1. The summed E-state index contributed by atoms with van der Waals surface area (Å²) in [6, 6.07) is 16.2. The third kappa shape index (κ3) is 3.41. The molecule has 0 saturated carbocycles. The number of benzene rings is 2. The molecule has 4 rings (SSSR count). The minimum Gasteiger partial charge on any atom is -0.420 e. The molecule has 0 bridgehead atoms. The Kier molecular flexibility index (Phi) is 4.58. The Morgan fingerprint density at radius 1 is 1.00 bits per heavy atom. The standard InChI is InChI=1S/C20H18N4OS/c1-14-8-9-17(12-15(14)2)24-11-10-21-20(24)26-13-18-22-23-19(25-18)16-6-4-3-5-7-16/h3-12H,13H2,1-2H3. The van der Waals surface area contributed by atoms with Crippen LogP contribution in [0.3, 0.4) is 0 Å². The predicted octanol–water partition coefficient (Wildman–Crippen LogP) is 4.83. The van der Waals surface area contributed by atoms with Gasteiger partial charge >= 0.3 is 0 Å². The van der Waals surface area contributed by atoms with E-state index in [-0.39, 0.29) is 0 Å². The van der Waals surface area contributed by atoms with Crippen LogP contribution in [-0.2, 0) is 5.75 Å². The van der Waals surface area contributed by atoms with E-state index in [0.717, 1.165) is 16.4 Å². The van der Waals surface area contributed by atoms with Crippen LogP contribution in [0.1, 0.15) is 17.0 Å². The Balaban J connectivity index is 1.50. The average molecular weight is 362 g/mol. The van der Waals surface area contributed by atoms with Crippen LogP contribution in [0.25, 0.3) is 17.1 Å². The Morgan fingerprint density at radius 3 is 2.65 bits per heavy atom. The summed E-state index contributed by atoms with van der Waals surface area (Å²) >= 11 is 1.58. The first-order chi connectivity index (χ1) is 12.7. The van der Waals surface area contributed by atoms with Crippen molar-refractivity contribution in [1.29, 1.82) is 0 Å². The summed E-state index contributed by atoms with van der Waals surface area (Å²) in [5.74, 6) is 1.70. The van der Waals surface area contributed by atoms with Crippen molar-refractivity contribution in [3.05, 3.63) is 77.9 Å². The van der Waals surface area contributed by atoms with E-state index in [9.17, 15) is 0 Å². The van der Waals surface area contributed by atoms with Gasteiger partial charge in [0.2, 0.25) is 11.8 Å². The number of rotatable bonds is 5. The van der Waals surface area contributed by atoms with Crippen LogP contribution in [-0.4, -0.2) is 19.7 Å². The lowest BCUT2D eigenvalue weighted by Crippen LogP contribution is -1.96. The second-order valence-electron chi connectivity index (χ2n) is 6.00. The van der Waals surface area contributed by atoms with Gasteiger partial charge in [0.1, 0.15) is 0 Å². The summed E-state index contributed by atoms with van der Waals surface area (Å²) in [4.78, 5) is 4.46. The normalized spacial score (nSPS) is 11.0. The summed E-state index contributed by atoms with van der Waals surface area (Å²) < 4.78 is 7.84. The number of hydrogen-bond acceptors (Lipinski definition) is 5. The number of imidazole rings is 1. The van der Waals surface area contributed by atoms with Gasteiger partial charge in [-0.1, -0.05) is 36.0 Å². The Morgan fingerprint density at radius 2 is 1.85 bits per heavy atom. The van der Waals surface area contributed by atoms with Crippen LogP contribution >= 0.6 is 11.8 Å². The first-order valence-electron chi connectivity index (χ1n) is 8.32. The maximum atomic E-state index is 5.77. The molecule has 0 atom stereocenters. The number of aryl methyl sites for hydroxylation is 2. The van der Waals surface area contributed by atoms with Gasteiger partial charge in [0.15, 0.2) is 5.16 Å². The molecule has 130 valence electrons. The second-order valence-corrected chi connectivity index (χ2v) is 6.95. The molecule has 2 aromatic carbocycles. The number of thioether (sulfide) groups is 1. The molecular weight excluding hydrogens is 344 g/mol. The van der Waals surface area contributed by atoms with Gasteiger partial charge in [0.25, 0.3) is 0 Å². The molecule has 0 aliphatic heterocycles. The molecule has 2 aromatic heterocycles. The fourth-order valence-electron chi connectivity index (χ4n) is 2.60. The zero-order valence-corrected chi connectivity index (χ0v) is 15.4. The highest BCUT2D eigenvalue weighted by molar-refractivity contribution is 7.98. The molecule has 5 nitrogen and oxygen atoms in total. The van der Waals surface area contributed by atoms with Crippen LogP contribution in [0.4, 0.5) is 0 Å². The zero-order chi connectivity index (χ0) is 17.9. The monoisotopic (exact) mass is 362 g/mol. The molecule has 4 aromatic rings. The van der Waals surface area contributed by atoms with Crippen molar-refractivity contribution < 1.29 is 4.42 Å². The molecule has 0 amide bonds. The maximum absolute atomic E-state index is 5.77. The van der Waals surface area contributed by atoms with Gasteiger partial charge in [-0.3, -0.25) is 4.57 Å². The molecule has 0 aliphatic carbocycles. The lowest BCUT2D eigenvalue weighted by Gasteiger charge is -2.09. The van der Waals surface area contributed by atoms with Crippen molar-refractivity contribution in [2.75, 3.05) is 0 Å². The van der Waals surface area contributed by atoms with Crippen molar-refractivity contribution in [2.45, 2.75) is 24.8 Å². The van der Waals surface area contributed by atoms with E-state index >= 15 is 0 Å². The molecule has 0 radical (unpaired) electrons. The Labute approximate surface area is 156 Å². The van der Waals surface area contributed by atoms with E-state index in [0.29, 0.717) is 17.5 Å². The maximum Gasteiger partial charge on any atom is 0.247 e. The summed E-state index contributed by atoms with van der Waals surface area (Å²) in [7, 11) is 0. The SMILES string of the molecule is Cc1ccc(-n2ccnc2SCc2nnc(-c3ccccc3)o2)cc1C. The third-order valence-electron chi connectivity index (χ3n) is 4.19. The van der Waals surface area contributed by atoms with Gasteiger partial charge in [0.05, 0.1) is 5.75 Å². The molecule has 6 heteroatoms. The van der Waals surface area contributed by atoms with Crippen LogP contribution < -0.4 is 0 Å². The smallest absolute Gasteiger partial charge is 0.247 e. The van der Waals surface area contributed by atoms with Crippen LogP contribution in [0.5, 0.6) is 0 Å². The quantitative estimate of drug-likeness (QED) is 0.476. The molecule has 2 heterocycles. The molecule has 26 heavy (non-hydrogen) atoms. The van der Waals surface area contributed by atoms with Crippen LogP contribution in [0.2, 0.25) is 0 Å². The summed E-state index contributed by atoms with van der Waals surface area (Å²) in [5, 5.41) is 9.17. The first kappa shape index (κ1) is 16.6. The molecule has 0 aliphatic rings. The van der Waals surface area contributed by atoms with E-state index < -0.39 is 0 Å². The van der Waals surface area contributed by atoms with Crippen molar-refractivity contribution in [3.63, 3.8) is 0 Å². The second kappa shape index (κ2) is 7.17. The fraction of sp³-hybridized carbons (Fsp3) is 0.150. The minimum absolute atomic E-state index is 0.540. The summed E-state index contributed by atoms with van der Waals surface area (Å²) in [6.07, 6.45) is 3.77. The van der Waals surface area contributed by atoms with E-state index in [1.54, 1.807) is 18.0 Å². The van der Waals surface area contributed by atoms with Crippen molar-refractivity contribution in [1.82, 2.24) is 19.7 Å². The number of hydrogen-bond donors (Lipinski definition) is 0. The molecule has 0 N–H and O–H groups in total. The number of nitrogens with zero attached hydrogens (tertiary/aromatic N) is 4. The largest absolute Gasteiger partial charge is 0.420 e. The summed E-state index contributed by atoms with van der Waals surface area (Å²) in [5.41, 5.74) is 4.57. The van der Waals surface area contributed by atoms with Gasteiger partial charge in [-0.15, -0.1) is 10.2 Å². The zero-order valence-electron chi connectivity index (χ0n) is 14.6. The van der Waals surface area contributed by atoms with Crippen LogP contribution in [0.15, 0.2) is 70.5 Å². The topological polar surface area (TPSA) is 56.7 Å². The highest BCUT2D eigenvalue weighted by Gasteiger charge is 2.12. The third-order valence-corrected chi connectivity index (χ3v) is 5.14. The lowest BCUT2D eigenvalue weighted by molar-refractivity contribution is 0.528. The van der Waals surface area contributed by atoms with Crippen LogP contribution in [0, 0.1) is 13.8 Å². The van der Waals surface area contributed by atoms with Gasteiger partial charge < -0.3 is 4.42 Å². The fourth-order valence-corrected chi connectivity index (χ4v) is 3.41. The van der Waals surface area contributed by atoms with Gasteiger partial charge in [-0.05, 0) is 49.2 Å².